The van der Waals surface area contributed by atoms with E-state index in [2.05, 4.69) is 17.1 Å². The molecule has 1 unspecified atom stereocenters. The molecule has 104 valence electrons. The fraction of sp³-hybridized carbons (Fsp3) is 1.00. The van der Waals surface area contributed by atoms with Crippen molar-refractivity contribution < 1.29 is 4.39 Å². The number of rotatable bonds is 3. The predicted molar refractivity (Wildman–Crippen MR) is 72.5 cm³/mol. The SMILES string of the molecule is CC1(C2CC2)CN(CCF)C2(CCCCC2)CN1. The zero-order valence-electron chi connectivity index (χ0n) is 11.7. The molecule has 0 amide bonds. The van der Waals surface area contributed by atoms with E-state index in [9.17, 15) is 4.39 Å². The Morgan fingerprint density at radius 2 is 1.94 bits per heavy atom. The van der Waals surface area contributed by atoms with Crippen molar-refractivity contribution in [3.8, 4) is 0 Å². The molecule has 0 bridgehead atoms. The predicted octanol–water partition coefficient (Wildman–Crippen LogP) is 2.73. The molecule has 18 heavy (non-hydrogen) atoms. The standard InChI is InChI=1S/C15H27FN2/c1-14(13-5-6-13)12-18(10-9-16)15(11-17-14)7-3-2-4-8-15/h13,17H,2-12H2,1H3. The fourth-order valence-electron chi connectivity index (χ4n) is 4.21. The maximum Gasteiger partial charge on any atom is 0.102 e. The van der Waals surface area contributed by atoms with Gasteiger partial charge in [-0.2, -0.15) is 0 Å². The monoisotopic (exact) mass is 254 g/mol. The highest BCUT2D eigenvalue weighted by Gasteiger charge is 2.50. The molecule has 3 aliphatic rings. The van der Waals surface area contributed by atoms with Crippen LogP contribution in [-0.4, -0.2) is 42.3 Å². The van der Waals surface area contributed by atoms with Gasteiger partial charge in [0.1, 0.15) is 6.67 Å². The van der Waals surface area contributed by atoms with Gasteiger partial charge in [0.25, 0.3) is 0 Å². The molecule has 3 rings (SSSR count). The van der Waals surface area contributed by atoms with Crippen LogP contribution in [0.3, 0.4) is 0 Å². The summed E-state index contributed by atoms with van der Waals surface area (Å²) in [5, 5.41) is 3.84. The molecule has 3 fully saturated rings. The van der Waals surface area contributed by atoms with Crippen molar-refractivity contribution in [2.75, 3.05) is 26.3 Å². The van der Waals surface area contributed by atoms with Gasteiger partial charge in [0.15, 0.2) is 0 Å². The number of nitrogens with one attached hydrogen (secondary N) is 1. The second-order valence-corrected chi connectivity index (χ2v) is 6.94. The second kappa shape index (κ2) is 4.75. The van der Waals surface area contributed by atoms with Gasteiger partial charge in [0.05, 0.1) is 0 Å². The highest BCUT2D eigenvalue weighted by atomic mass is 19.1. The van der Waals surface area contributed by atoms with E-state index in [1.807, 2.05) is 0 Å². The average Bonchev–Trinajstić information content (AvgIpc) is 3.21. The number of hydrogen-bond acceptors (Lipinski definition) is 2. The summed E-state index contributed by atoms with van der Waals surface area (Å²) in [6.45, 7) is 4.94. The van der Waals surface area contributed by atoms with Gasteiger partial charge in [-0.05, 0) is 38.5 Å². The molecule has 3 heteroatoms. The van der Waals surface area contributed by atoms with E-state index in [4.69, 9.17) is 0 Å². The summed E-state index contributed by atoms with van der Waals surface area (Å²) in [7, 11) is 0. The molecule has 1 spiro atoms. The highest BCUT2D eigenvalue weighted by Crippen LogP contribution is 2.45. The number of halogens is 1. The van der Waals surface area contributed by atoms with Crippen LogP contribution in [0.15, 0.2) is 0 Å². The Balaban J connectivity index is 1.75. The third kappa shape index (κ3) is 2.20. The van der Waals surface area contributed by atoms with Crippen molar-refractivity contribution in [1.82, 2.24) is 10.2 Å². The van der Waals surface area contributed by atoms with Gasteiger partial charge >= 0.3 is 0 Å². The lowest BCUT2D eigenvalue weighted by molar-refractivity contribution is -0.0233. The number of piperazine rings is 1. The molecule has 1 saturated heterocycles. The summed E-state index contributed by atoms with van der Waals surface area (Å²) in [4.78, 5) is 2.50. The van der Waals surface area contributed by atoms with Gasteiger partial charge in [-0.3, -0.25) is 4.90 Å². The smallest absolute Gasteiger partial charge is 0.102 e. The Bertz CT molecular complexity index is 297. The van der Waals surface area contributed by atoms with Crippen LogP contribution >= 0.6 is 0 Å². The molecule has 0 aromatic heterocycles. The van der Waals surface area contributed by atoms with E-state index in [0.717, 1.165) is 19.0 Å². The fourth-order valence-corrected chi connectivity index (χ4v) is 4.21. The van der Waals surface area contributed by atoms with E-state index in [1.54, 1.807) is 0 Å². The van der Waals surface area contributed by atoms with Gasteiger partial charge < -0.3 is 5.32 Å². The summed E-state index contributed by atoms with van der Waals surface area (Å²) in [6, 6.07) is 0. The van der Waals surface area contributed by atoms with Gasteiger partial charge in [-0.25, -0.2) is 4.39 Å². The van der Waals surface area contributed by atoms with Gasteiger partial charge in [0, 0.05) is 30.7 Å². The molecule has 1 atom stereocenters. The quantitative estimate of drug-likeness (QED) is 0.833. The lowest BCUT2D eigenvalue weighted by Gasteiger charge is -2.55. The van der Waals surface area contributed by atoms with Crippen LogP contribution in [0.25, 0.3) is 0 Å². The molecule has 0 radical (unpaired) electrons. The Hall–Kier alpha value is -0.150. The summed E-state index contributed by atoms with van der Waals surface area (Å²) >= 11 is 0. The van der Waals surface area contributed by atoms with E-state index in [1.165, 1.54) is 44.9 Å². The normalized spacial score (nSPS) is 37.0. The topological polar surface area (TPSA) is 15.3 Å². The van der Waals surface area contributed by atoms with Crippen molar-refractivity contribution >= 4 is 0 Å². The van der Waals surface area contributed by atoms with Crippen molar-refractivity contribution in [3.05, 3.63) is 0 Å². The highest BCUT2D eigenvalue weighted by molar-refractivity contribution is 5.09. The average molecular weight is 254 g/mol. The molecule has 1 aliphatic heterocycles. The molecular weight excluding hydrogens is 227 g/mol. The summed E-state index contributed by atoms with van der Waals surface area (Å²) in [6.07, 6.45) is 9.27. The van der Waals surface area contributed by atoms with Crippen LogP contribution in [0.4, 0.5) is 4.39 Å². The first kappa shape index (κ1) is 12.9. The first-order valence-electron chi connectivity index (χ1n) is 7.75. The zero-order chi connectivity index (χ0) is 12.6. The Morgan fingerprint density at radius 3 is 2.56 bits per heavy atom. The molecule has 1 heterocycles. The van der Waals surface area contributed by atoms with Crippen molar-refractivity contribution in [2.45, 2.75) is 62.9 Å². The maximum atomic E-state index is 12.9. The second-order valence-electron chi connectivity index (χ2n) is 6.94. The van der Waals surface area contributed by atoms with E-state index in [-0.39, 0.29) is 17.8 Å². The van der Waals surface area contributed by atoms with E-state index >= 15 is 0 Å². The number of hydrogen-bond donors (Lipinski definition) is 1. The first-order valence-corrected chi connectivity index (χ1v) is 7.75. The Labute approximate surface area is 110 Å². The molecule has 0 aromatic rings. The lowest BCUT2D eigenvalue weighted by Crippen LogP contribution is -2.70. The number of alkyl halides is 1. The molecular formula is C15H27FN2. The van der Waals surface area contributed by atoms with E-state index < -0.39 is 0 Å². The molecule has 2 nitrogen and oxygen atoms in total. The van der Waals surface area contributed by atoms with Crippen LogP contribution in [0.5, 0.6) is 0 Å². The van der Waals surface area contributed by atoms with Crippen molar-refractivity contribution in [2.24, 2.45) is 5.92 Å². The number of nitrogens with zero attached hydrogens (tertiary/aromatic N) is 1. The lowest BCUT2D eigenvalue weighted by atomic mass is 9.76. The minimum Gasteiger partial charge on any atom is -0.308 e. The third-order valence-corrected chi connectivity index (χ3v) is 5.63. The Kier molecular flexibility index (Phi) is 3.39. The zero-order valence-corrected chi connectivity index (χ0v) is 11.7. The summed E-state index contributed by atoms with van der Waals surface area (Å²) in [5.74, 6) is 0.834. The minimum atomic E-state index is -0.192. The molecule has 2 saturated carbocycles. The summed E-state index contributed by atoms with van der Waals surface area (Å²) < 4.78 is 12.9. The van der Waals surface area contributed by atoms with Crippen molar-refractivity contribution in [1.29, 1.82) is 0 Å². The Morgan fingerprint density at radius 1 is 1.22 bits per heavy atom. The summed E-state index contributed by atoms with van der Waals surface area (Å²) in [5.41, 5.74) is 0.524. The largest absolute Gasteiger partial charge is 0.308 e. The van der Waals surface area contributed by atoms with Crippen molar-refractivity contribution in [3.63, 3.8) is 0 Å². The van der Waals surface area contributed by atoms with Gasteiger partial charge in [0.2, 0.25) is 0 Å². The molecule has 1 N–H and O–H groups in total. The van der Waals surface area contributed by atoms with Crippen LogP contribution in [0.1, 0.15) is 51.9 Å². The molecule has 0 aromatic carbocycles. The minimum absolute atomic E-state index is 0.192. The van der Waals surface area contributed by atoms with Gasteiger partial charge in [-0.1, -0.05) is 19.3 Å². The van der Waals surface area contributed by atoms with Crippen LogP contribution < -0.4 is 5.32 Å². The van der Waals surface area contributed by atoms with Crippen LogP contribution in [0, 0.1) is 5.92 Å². The van der Waals surface area contributed by atoms with Gasteiger partial charge in [-0.15, -0.1) is 0 Å². The molecule has 2 aliphatic carbocycles. The van der Waals surface area contributed by atoms with Crippen LogP contribution in [-0.2, 0) is 0 Å². The third-order valence-electron chi connectivity index (χ3n) is 5.63. The van der Waals surface area contributed by atoms with E-state index in [0.29, 0.717) is 6.54 Å². The van der Waals surface area contributed by atoms with Crippen LogP contribution in [0.2, 0.25) is 0 Å². The maximum absolute atomic E-state index is 12.9. The first-order chi connectivity index (χ1) is 8.69.